The Morgan fingerprint density at radius 3 is 3.00 bits per heavy atom. The Kier molecular flexibility index (Phi) is 4.53. The molecular formula is C18H21N2O4S2+. The standard InChI is InChI=1S/C18H20N2O4S2/c1-9(21)8-11-15(22)20-14(17(23)24)18(26-16(11)20)25-12-6-5-10-4-3-7-19(2)13(10)12/h3-4,7,9,11-12,16,21H,5-6,8H2,1-2H3/p+1/t9?,11-,12?,16-/m1/s1. The van der Waals surface area contributed by atoms with E-state index in [9.17, 15) is 19.8 Å². The lowest BCUT2D eigenvalue weighted by atomic mass is 9.91. The maximum atomic E-state index is 12.4. The summed E-state index contributed by atoms with van der Waals surface area (Å²) in [5.41, 5.74) is 2.65. The maximum Gasteiger partial charge on any atom is 0.354 e. The van der Waals surface area contributed by atoms with E-state index in [0.29, 0.717) is 10.7 Å². The van der Waals surface area contributed by atoms with Crippen molar-refractivity contribution in [2.24, 2.45) is 13.0 Å². The number of carboxylic acids is 1. The minimum atomic E-state index is -1.05. The lowest BCUT2D eigenvalue weighted by Crippen LogP contribution is -2.57. The van der Waals surface area contributed by atoms with Gasteiger partial charge in [0.15, 0.2) is 17.6 Å². The fraction of sp³-hybridized carbons (Fsp3) is 0.500. The fourth-order valence-electron chi connectivity index (χ4n) is 4.01. The highest BCUT2D eigenvalue weighted by atomic mass is 32.2. The minimum Gasteiger partial charge on any atom is -0.477 e. The number of amides is 1. The van der Waals surface area contributed by atoms with Gasteiger partial charge in [-0.05, 0) is 32.3 Å². The highest BCUT2D eigenvalue weighted by molar-refractivity contribution is 8.22. The van der Waals surface area contributed by atoms with Gasteiger partial charge in [0.25, 0.3) is 0 Å². The molecule has 2 unspecified atom stereocenters. The number of β-lactam (4-membered cyclic amide) rings is 1. The molecule has 2 aliphatic heterocycles. The molecule has 1 aromatic rings. The molecule has 2 N–H and O–H groups in total. The molecule has 1 aliphatic carbocycles. The second-order valence-electron chi connectivity index (χ2n) is 7.02. The third-order valence-electron chi connectivity index (χ3n) is 5.16. The van der Waals surface area contributed by atoms with Crippen molar-refractivity contribution in [3.63, 3.8) is 0 Å². The van der Waals surface area contributed by atoms with Crippen molar-refractivity contribution in [1.29, 1.82) is 0 Å². The molecule has 0 radical (unpaired) electrons. The molecule has 4 rings (SSSR count). The Hall–Kier alpha value is -1.51. The lowest BCUT2D eigenvalue weighted by molar-refractivity contribution is -0.679. The molecule has 138 valence electrons. The highest BCUT2D eigenvalue weighted by Crippen LogP contribution is 2.57. The normalized spacial score (nSPS) is 28.0. The smallest absolute Gasteiger partial charge is 0.354 e. The molecule has 1 saturated heterocycles. The number of hydrogen-bond donors (Lipinski definition) is 2. The quantitative estimate of drug-likeness (QED) is 0.586. The number of carbonyl (C=O) groups excluding carboxylic acids is 1. The molecule has 1 amide bonds. The number of fused-ring (bicyclic) bond motifs is 2. The molecule has 0 saturated carbocycles. The van der Waals surface area contributed by atoms with Crippen LogP contribution in [0.1, 0.15) is 36.3 Å². The second kappa shape index (κ2) is 6.58. The summed E-state index contributed by atoms with van der Waals surface area (Å²) in [4.78, 5) is 25.7. The average molecular weight is 394 g/mol. The first-order valence-electron chi connectivity index (χ1n) is 8.68. The minimum absolute atomic E-state index is 0.115. The van der Waals surface area contributed by atoms with Gasteiger partial charge in [0.2, 0.25) is 5.91 Å². The van der Waals surface area contributed by atoms with Crippen molar-refractivity contribution in [3.8, 4) is 0 Å². The monoisotopic (exact) mass is 393 g/mol. The van der Waals surface area contributed by atoms with E-state index in [1.54, 1.807) is 18.7 Å². The van der Waals surface area contributed by atoms with Crippen LogP contribution in [-0.2, 0) is 23.1 Å². The van der Waals surface area contributed by atoms with Gasteiger partial charge in [-0.2, -0.15) is 0 Å². The van der Waals surface area contributed by atoms with E-state index in [4.69, 9.17) is 0 Å². The molecule has 0 spiro atoms. The predicted octanol–water partition coefficient (Wildman–Crippen LogP) is 1.79. The summed E-state index contributed by atoms with van der Waals surface area (Å²) in [5.74, 6) is -1.55. The predicted molar refractivity (Wildman–Crippen MR) is 98.9 cm³/mol. The zero-order chi connectivity index (χ0) is 18.6. The Balaban J connectivity index is 1.60. The van der Waals surface area contributed by atoms with Crippen LogP contribution < -0.4 is 4.57 Å². The zero-order valence-electron chi connectivity index (χ0n) is 14.6. The molecule has 0 bridgehead atoms. The number of rotatable bonds is 5. The number of carbonyl (C=O) groups is 2. The summed E-state index contributed by atoms with van der Waals surface area (Å²) >= 11 is 3.03. The van der Waals surface area contributed by atoms with Crippen molar-refractivity contribution in [3.05, 3.63) is 39.5 Å². The number of carboxylic acid groups (broad SMARTS) is 1. The molecule has 6 nitrogen and oxygen atoms in total. The van der Waals surface area contributed by atoms with Crippen molar-refractivity contribution >= 4 is 35.4 Å². The van der Waals surface area contributed by atoms with Crippen molar-refractivity contribution in [1.82, 2.24) is 4.90 Å². The first kappa shape index (κ1) is 17.9. The van der Waals surface area contributed by atoms with E-state index < -0.39 is 12.1 Å². The fourth-order valence-corrected chi connectivity index (χ4v) is 7.32. The Morgan fingerprint density at radius 2 is 2.31 bits per heavy atom. The number of aliphatic hydroxyl groups excluding tert-OH is 1. The van der Waals surface area contributed by atoms with Crippen molar-refractivity contribution in [2.45, 2.75) is 42.9 Å². The molecule has 1 aromatic heterocycles. The van der Waals surface area contributed by atoms with Gasteiger partial charge in [0, 0.05) is 11.6 Å². The molecule has 3 heterocycles. The molecule has 4 atom stereocenters. The van der Waals surface area contributed by atoms with Crippen LogP contribution in [-0.4, -0.2) is 38.5 Å². The first-order chi connectivity index (χ1) is 12.4. The van der Waals surface area contributed by atoms with E-state index >= 15 is 0 Å². The SMILES string of the molecule is CC(O)C[C@@H]1C(=O)N2C(C(=O)O)=C(SC3CCc4ccc[n+](C)c43)S[C@H]12. The Bertz CT molecular complexity index is 823. The van der Waals surface area contributed by atoms with E-state index in [-0.39, 0.29) is 28.1 Å². The van der Waals surface area contributed by atoms with E-state index in [2.05, 4.69) is 10.6 Å². The van der Waals surface area contributed by atoms with Crippen LogP contribution in [0.15, 0.2) is 28.3 Å². The Labute approximate surface area is 160 Å². The van der Waals surface area contributed by atoms with Crippen LogP contribution in [0.2, 0.25) is 0 Å². The average Bonchev–Trinajstić information content (AvgIpc) is 3.14. The molecule has 26 heavy (non-hydrogen) atoms. The van der Waals surface area contributed by atoms with Gasteiger partial charge < -0.3 is 10.2 Å². The van der Waals surface area contributed by atoms with Crippen molar-refractivity contribution < 1.29 is 24.4 Å². The highest BCUT2D eigenvalue weighted by Gasteiger charge is 2.56. The summed E-state index contributed by atoms with van der Waals surface area (Å²) in [6.45, 7) is 1.66. The van der Waals surface area contributed by atoms with Crippen LogP contribution in [0.25, 0.3) is 0 Å². The molecule has 0 aromatic carbocycles. The Morgan fingerprint density at radius 1 is 1.54 bits per heavy atom. The molecular weight excluding hydrogens is 372 g/mol. The van der Waals surface area contributed by atoms with Gasteiger partial charge >= 0.3 is 5.97 Å². The summed E-state index contributed by atoms with van der Waals surface area (Å²) < 4.78 is 2.82. The number of nitrogens with zero attached hydrogens (tertiary/aromatic N) is 2. The van der Waals surface area contributed by atoms with E-state index in [0.717, 1.165) is 12.8 Å². The van der Waals surface area contributed by atoms with Crippen LogP contribution >= 0.6 is 23.5 Å². The van der Waals surface area contributed by atoms with Gasteiger partial charge in [-0.1, -0.05) is 11.8 Å². The van der Waals surface area contributed by atoms with Crippen molar-refractivity contribution in [2.75, 3.05) is 0 Å². The number of aryl methyl sites for hydroxylation is 2. The number of thioether (sulfide) groups is 2. The van der Waals surface area contributed by atoms with Gasteiger partial charge in [0.1, 0.15) is 7.05 Å². The third kappa shape index (κ3) is 2.75. The number of aromatic nitrogens is 1. The zero-order valence-corrected chi connectivity index (χ0v) is 16.2. The van der Waals surface area contributed by atoms with Gasteiger partial charge in [-0.3, -0.25) is 9.69 Å². The number of aliphatic carboxylic acids is 1. The van der Waals surface area contributed by atoms with Gasteiger partial charge in [0.05, 0.1) is 26.9 Å². The summed E-state index contributed by atoms with van der Waals surface area (Å²) in [5, 5.41) is 19.3. The first-order valence-corrected chi connectivity index (χ1v) is 10.4. The number of pyridine rings is 1. The maximum absolute atomic E-state index is 12.4. The molecule has 3 aliphatic rings. The lowest BCUT2D eigenvalue weighted by Gasteiger charge is -2.42. The van der Waals surface area contributed by atoms with Crippen LogP contribution in [0.3, 0.4) is 0 Å². The van der Waals surface area contributed by atoms with E-state index in [1.165, 1.54) is 27.9 Å². The number of aliphatic hydroxyl groups is 1. The molecule has 8 heteroatoms. The van der Waals surface area contributed by atoms with Crippen LogP contribution in [0.5, 0.6) is 0 Å². The largest absolute Gasteiger partial charge is 0.477 e. The third-order valence-corrected chi connectivity index (χ3v) is 8.08. The molecule has 1 fully saturated rings. The van der Waals surface area contributed by atoms with Crippen LogP contribution in [0, 0.1) is 5.92 Å². The topological polar surface area (TPSA) is 81.7 Å². The number of hydrogen-bond acceptors (Lipinski definition) is 5. The second-order valence-corrected chi connectivity index (χ2v) is 9.62. The van der Waals surface area contributed by atoms with Gasteiger partial charge in [-0.25, -0.2) is 9.36 Å². The summed E-state index contributed by atoms with van der Waals surface area (Å²) in [6, 6.07) is 4.16. The summed E-state index contributed by atoms with van der Waals surface area (Å²) in [7, 11) is 2.02. The van der Waals surface area contributed by atoms with Gasteiger partial charge in [-0.15, -0.1) is 11.8 Å². The summed E-state index contributed by atoms with van der Waals surface area (Å²) in [6.07, 6.45) is 3.77. The van der Waals surface area contributed by atoms with Crippen LogP contribution in [0.4, 0.5) is 0 Å². The van der Waals surface area contributed by atoms with E-state index in [1.807, 2.05) is 19.3 Å².